The molecule has 1 aromatic heterocycles. The topological polar surface area (TPSA) is 37.8 Å². The van der Waals surface area contributed by atoms with Crippen molar-refractivity contribution >= 4 is 5.82 Å². The van der Waals surface area contributed by atoms with E-state index in [0.717, 1.165) is 24.5 Å². The second kappa shape index (κ2) is 4.80. The van der Waals surface area contributed by atoms with Gasteiger partial charge in [0.2, 0.25) is 0 Å². The second-order valence-electron chi connectivity index (χ2n) is 3.37. The van der Waals surface area contributed by atoms with E-state index in [9.17, 15) is 0 Å². The molecular weight excluding hydrogens is 162 g/mol. The maximum Gasteiger partial charge on any atom is 0.147 e. The summed E-state index contributed by atoms with van der Waals surface area (Å²) in [6.07, 6.45) is 4.57. The predicted molar refractivity (Wildman–Crippen MR) is 54.9 cm³/mol. The molecule has 0 aliphatic heterocycles. The minimum absolute atomic E-state index is 0.424. The highest BCUT2D eigenvalue weighted by molar-refractivity contribution is 5.40. The number of anilines is 1. The van der Waals surface area contributed by atoms with Gasteiger partial charge in [-0.2, -0.15) is 0 Å². The minimum atomic E-state index is 0.424. The van der Waals surface area contributed by atoms with Crippen molar-refractivity contribution in [3.63, 3.8) is 0 Å². The number of nitrogens with one attached hydrogen (secondary N) is 1. The van der Waals surface area contributed by atoms with Crippen molar-refractivity contribution < 1.29 is 0 Å². The van der Waals surface area contributed by atoms with Crippen LogP contribution in [0.25, 0.3) is 0 Å². The number of rotatable bonds is 4. The Hall–Kier alpha value is -1.12. The number of nitrogens with zero attached hydrogens (tertiary/aromatic N) is 2. The zero-order valence-electron chi connectivity index (χ0n) is 8.54. The van der Waals surface area contributed by atoms with E-state index < -0.39 is 0 Å². The zero-order valence-corrected chi connectivity index (χ0v) is 8.54. The Labute approximate surface area is 79.6 Å². The largest absolute Gasteiger partial charge is 0.369 e. The third-order valence-electron chi connectivity index (χ3n) is 1.82. The fourth-order valence-corrected chi connectivity index (χ4v) is 1.15. The van der Waals surface area contributed by atoms with Crippen molar-refractivity contribution in [2.45, 2.75) is 33.1 Å². The van der Waals surface area contributed by atoms with Gasteiger partial charge < -0.3 is 5.32 Å². The molecule has 0 aromatic carbocycles. The Morgan fingerprint density at radius 3 is 2.62 bits per heavy atom. The Kier molecular flexibility index (Phi) is 3.68. The maximum atomic E-state index is 4.31. The predicted octanol–water partition coefficient (Wildman–Crippen LogP) is 2.42. The lowest BCUT2D eigenvalue weighted by molar-refractivity contribution is 0.809. The highest BCUT2D eigenvalue weighted by Gasteiger charge is 2.07. The van der Waals surface area contributed by atoms with E-state index in [2.05, 4.69) is 36.1 Å². The molecule has 0 saturated heterocycles. The van der Waals surface area contributed by atoms with Crippen molar-refractivity contribution in [1.82, 2.24) is 9.97 Å². The molecule has 3 heteroatoms. The highest BCUT2D eigenvalue weighted by Crippen LogP contribution is 2.18. The third-order valence-corrected chi connectivity index (χ3v) is 1.82. The van der Waals surface area contributed by atoms with Crippen LogP contribution in [0.3, 0.4) is 0 Å². The van der Waals surface area contributed by atoms with Gasteiger partial charge in [0.15, 0.2) is 0 Å². The lowest BCUT2D eigenvalue weighted by Crippen LogP contribution is -2.07. The SMILES string of the molecule is CCCNc1nccnc1C(C)C. The molecule has 0 bridgehead atoms. The Morgan fingerprint density at radius 1 is 1.31 bits per heavy atom. The summed E-state index contributed by atoms with van der Waals surface area (Å²) in [4.78, 5) is 8.57. The molecule has 3 nitrogen and oxygen atoms in total. The molecule has 13 heavy (non-hydrogen) atoms. The van der Waals surface area contributed by atoms with Gasteiger partial charge in [0.05, 0.1) is 5.69 Å². The van der Waals surface area contributed by atoms with Crippen LogP contribution in [-0.4, -0.2) is 16.5 Å². The van der Waals surface area contributed by atoms with Crippen LogP contribution >= 0.6 is 0 Å². The molecular formula is C10H17N3. The van der Waals surface area contributed by atoms with Gasteiger partial charge in [0.25, 0.3) is 0 Å². The molecule has 0 unspecified atom stereocenters. The summed E-state index contributed by atoms with van der Waals surface area (Å²) in [5.74, 6) is 1.35. The summed E-state index contributed by atoms with van der Waals surface area (Å²) < 4.78 is 0. The van der Waals surface area contributed by atoms with Crippen LogP contribution in [0.1, 0.15) is 38.8 Å². The maximum absolute atomic E-state index is 4.31. The van der Waals surface area contributed by atoms with Gasteiger partial charge in [0.1, 0.15) is 5.82 Å². The average Bonchev–Trinajstić information content (AvgIpc) is 2.15. The lowest BCUT2D eigenvalue weighted by Gasteiger charge is -2.10. The molecule has 0 spiro atoms. The first-order valence-corrected chi connectivity index (χ1v) is 4.80. The molecule has 0 radical (unpaired) electrons. The van der Waals surface area contributed by atoms with Crippen molar-refractivity contribution in [2.75, 3.05) is 11.9 Å². The van der Waals surface area contributed by atoms with Gasteiger partial charge in [0, 0.05) is 18.9 Å². The molecule has 1 heterocycles. The van der Waals surface area contributed by atoms with E-state index >= 15 is 0 Å². The van der Waals surface area contributed by atoms with Gasteiger partial charge >= 0.3 is 0 Å². The van der Waals surface area contributed by atoms with Gasteiger partial charge in [-0.3, -0.25) is 4.98 Å². The van der Waals surface area contributed by atoms with E-state index in [1.807, 2.05) is 0 Å². The number of hydrogen-bond acceptors (Lipinski definition) is 3. The van der Waals surface area contributed by atoms with Gasteiger partial charge in [-0.1, -0.05) is 20.8 Å². The summed E-state index contributed by atoms with van der Waals surface area (Å²) in [5.41, 5.74) is 1.05. The van der Waals surface area contributed by atoms with Crippen LogP contribution in [0.15, 0.2) is 12.4 Å². The summed E-state index contributed by atoms with van der Waals surface area (Å²) in [5, 5.41) is 3.27. The Bertz CT molecular complexity index is 258. The van der Waals surface area contributed by atoms with Crippen molar-refractivity contribution in [3.05, 3.63) is 18.1 Å². The fraction of sp³-hybridized carbons (Fsp3) is 0.600. The molecule has 0 aliphatic carbocycles. The van der Waals surface area contributed by atoms with Crippen molar-refractivity contribution in [1.29, 1.82) is 0 Å². The summed E-state index contributed by atoms with van der Waals surface area (Å²) in [6, 6.07) is 0. The van der Waals surface area contributed by atoms with Gasteiger partial charge in [-0.15, -0.1) is 0 Å². The average molecular weight is 179 g/mol. The highest BCUT2D eigenvalue weighted by atomic mass is 15.0. The van der Waals surface area contributed by atoms with E-state index in [1.54, 1.807) is 12.4 Å². The standard InChI is InChI=1S/C10H17N3/c1-4-5-12-10-9(8(2)3)11-6-7-13-10/h6-8H,4-5H2,1-3H3,(H,12,13). The van der Waals surface area contributed by atoms with Crippen molar-refractivity contribution in [2.24, 2.45) is 0 Å². The molecule has 1 N–H and O–H groups in total. The van der Waals surface area contributed by atoms with E-state index in [4.69, 9.17) is 0 Å². The van der Waals surface area contributed by atoms with Crippen LogP contribution < -0.4 is 5.32 Å². The Morgan fingerprint density at radius 2 is 2.00 bits per heavy atom. The molecule has 1 rings (SSSR count). The molecule has 0 amide bonds. The first-order valence-electron chi connectivity index (χ1n) is 4.80. The smallest absolute Gasteiger partial charge is 0.147 e. The molecule has 0 atom stereocenters. The first-order chi connectivity index (χ1) is 6.25. The van der Waals surface area contributed by atoms with Crippen LogP contribution in [0, 0.1) is 0 Å². The fourth-order valence-electron chi connectivity index (χ4n) is 1.15. The van der Waals surface area contributed by atoms with Crippen molar-refractivity contribution in [3.8, 4) is 0 Å². The first kappa shape index (κ1) is 9.96. The van der Waals surface area contributed by atoms with Gasteiger partial charge in [-0.05, 0) is 12.3 Å². The summed E-state index contributed by atoms with van der Waals surface area (Å²) in [6.45, 7) is 7.35. The number of aromatic nitrogens is 2. The summed E-state index contributed by atoms with van der Waals surface area (Å²) in [7, 11) is 0. The second-order valence-corrected chi connectivity index (χ2v) is 3.37. The third kappa shape index (κ3) is 2.68. The van der Waals surface area contributed by atoms with Crippen LogP contribution in [0.4, 0.5) is 5.82 Å². The lowest BCUT2D eigenvalue weighted by atomic mass is 10.1. The van der Waals surface area contributed by atoms with E-state index in [0.29, 0.717) is 5.92 Å². The van der Waals surface area contributed by atoms with Crippen LogP contribution in [-0.2, 0) is 0 Å². The number of hydrogen-bond donors (Lipinski definition) is 1. The molecule has 1 aromatic rings. The monoisotopic (exact) mass is 179 g/mol. The molecule has 0 saturated carbocycles. The van der Waals surface area contributed by atoms with Gasteiger partial charge in [-0.25, -0.2) is 4.98 Å². The van der Waals surface area contributed by atoms with E-state index in [1.165, 1.54) is 0 Å². The quantitative estimate of drug-likeness (QED) is 0.771. The molecule has 0 aliphatic rings. The Balaban J connectivity index is 2.78. The van der Waals surface area contributed by atoms with Crippen LogP contribution in [0.5, 0.6) is 0 Å². The van der Waals surface area contributed by atoms with E-state index in [-0.39, 0.29) is 0 Å². The zero-order chi connectivity index (χ0) is 9.68. The van der Waals surface area contributed by atoms with Crippen LogP contribution in [0.2, 0.25) is 0 Å². The summed E-state index contributed by atoms with van der Waals surface area (Å²) >= 11 is 0. The molecule has 72 valence electrons. The molecule has 0 fully saturated rings. The minimum Gasteiger partial charge on any atom is -0.369 e. The normalized spacial score (nSPS) is 10.5.